The molecule has 0 unspecified atom stereocenters. The van der Waals surface area contributed by atoms with Crippen LogP contribution in [0.5, 0.6) is 0 Å². The van der Waals surface area contributed by atoms with Crippen molar-refractivity contribution in [3.8, 4) is 0 Å². The minimum absolute atomic E-state index is 0.198. The van der Waals surface area contributed by atoms with E-state index in [1.807, 2.05) is 36.7 Å². The zero-order valence-corrected chi connectivity index (χ0v) is 15.3. The summed E-state index contributed by atoms with van der Waals surface area (Å²) in [7, 11) is -3.59. The Balaban J connectivity index is 2.37. The van der Waals surface area contributed by atoms with Crippen LogP contribution in [0.3, 0.4) is 0 Å². The highest BCUT2D eigenvalue weighted by molar-refractivity contribution is 7.89. The third-order valence-corrected chi connectivity index (χ3v) is 5.93. The van der Waals surface area contributed by atoms with Crippen LogP contribution in [0.2, 0.25) is 0 Å². The van der Waals surface area contributed by atoms with Crippen molar-refractivity contribution in [2.45, 2.75) is 32.1 Å². The predicted molar refractivity (Wildman–Crippen MR) is 96.7 cm³/mol. The van der Waals surface area contributed by atoms with Crippen molar-refractivity contribution in [2.75, 3.05) is 19.6 Å². The molecule has 0 fully saturated rings. The highest BCUT2D eigenvalue weighted by Gasteiger charge is 2.24. The van der Waals surface area contributed by atoms with E-state index in [1.165, 1.54) is 4.31 Å². The Kier molecular flexibility index (Phi) is 6.34. The number of hydrogen-bond acceptors (Lipinski definition) is 4. The van der Waals surface area contributed by atoms with Crippen LogP contribution in [-0.2, 0) is 10.0 Å². The number of hydroxylamine groups is 1. The maximum Gasteiger partial charge on any atom is 0.243 e. The molecule has 0 aliphatic heterocycles. The van der Waals surface area contributed by atoms with Crippen LogP contribution in [0.25, 0.3) is 10.8 Å². The number of sulfonamides is 1. The van der Waals surface area contributed by atoms with E-state index >= 15 is 0 Å². The summed E-state index contributed by atoms with van der Waals surface area (Å²) < 4.78 is 27.4. The van der Waals surface area contributed by atoms with E-state index in [9.17, 15) is 8.42 Å². The Morgan fingerprint density at radius 1 is 1.08 bits per heavy atom. The van der Waals surface area contributed by atoms with E-state index in [0.29, 0.717) is 17.4 Å². The van der Waals surface area contributed by atoms with Crippen molar-refractivity contribution in [1.82, 2.24) is 9.79 Å². The first-order valence-electron chi connectivity index (χ1n) is 8.22. The standard InChI is InChI=1S/C18H26N2O3S/c1-14(2)8-10-20(11-9-19-21)24(22,23)18-7-6-16-5-4-15(3)12-17(16)13-18/h4-7,12-14,19,21H,8-11H2,1-3H3. The van der Waals surface area contributed by atoms with Crippen LogP contribution in [0, 0.1) is 12.8 Å². The molecule has 6 heteroatoms. The molecule has 0 bridgehead atoms. The first-order valence-corrected chi connectivity index (χ1v) is 9.66. The molecule has 0 heterocycles. The molecule has 132 valence electrons. The molecule has 2 N–H and O–H groups in total. The fourth-order valence-electron chi connectivity index (χ4n) is 2.58. The van der Waals surface area contributed by atoms with Crippen LogP contribution in [-0.4, -0.2) is 37.6 Å². The molecule has 0 aromatic heterocycles. The van der Waals surface area contributed by atoms with Crippen molar-refractivity contribution in [3.05, 3.63) is 42.0 Å². The van der Waals surface area contributed by atoms with E-state index in [1.54, 1.807) is 12.1 Å². The Morgan fingerprint density at radius 3 is 2.46 bits per heavy atom. The Morgan fingerprint density at radius 2 is 1.79 bits per heavy atom. The largest absolute Gasteiger partial charge is 0.317 e. The molecule has 0 saturated carbocycles. The van der Waals surface area contributed by atoms with E-state index < -0.39 is 10.0 Å². The van der Waals surface area contributed by atoms with Gasteiger partial charge >= 0.3 is 0 Å². The van der Waals surface area contributed by atoms with Gasteiger partial charge in [-0.2, -0.15) is 4.31 Å². The van der Waals surface area contributed by atoms with Gasteiger partial charge in [0.25, 0.3) is 0 Å². The zero-order valence-electron chi connectivity index (χ0n) is 14.5. The van der Waals surface area contributed by atoms with Gasteiger partial charge in [0.05, 0.1) is 4.90 Å². The fraction of sp³-hybridized carbons (Fsp3) is 0.444. The smallest absolute Gasteiger partial charge is 0.243 e. The van der Waals surface area contributed by atoms with Gasteiger partial charge in [0, 0.05) is 19.6 Å². The molecule has 0 atom stereocenters. The molecular weight excluding hydrogens is 324 g/mol. The monoisotopic (exact) mass is 350 g/mol. The topological polar surface area (TPSA) is 69.6 Å². The van der Waals surface area contributed by atoms with Crippen LogP contribution in [0.15, 0.2) is 41.3 Å². The van der Waals surface area contributed by atoms with Crippen LogP contribution in [0.4, 0.5) is 0 Å². The number of nitrogens with zero attached hydrogens (tertiary/aromatic N) is 1. The predicted octanol–water partition coefficient (Wildman–Crippen LogP) is 3.16. The molecule has 0 amide bonds. The average Bonchev–Trinajstić information content (AvgIpc) is 2.53. The molecule has 0 radical (unpaired) electrons. The second kappa shape index (κ2) is 8.07. The molecule has 2 rings (SSSR count). The normalized spacial score (nSPS) is 12.4. The first-order chi connectivity index (χ1) is 11.3. The minimum Gasteiger partial charge on any atom is -0.317 e. The molecule has 0 aliphatic carbocycles. The third kappa shape index (κ3) is 4.54. The van der Waals surface area contributed by atoms with Gasteiger partial charge in [0.15, 0.2) is 0 Å². The van der Waals surface area contributed by atoms with Crippen molar-refractivity contribution in [2.24, 2.45) is 5.92 Å². The Labute approximate surface area is 144 Å². The summed E-state index contributed by atoms with van der Waals surface area (Å²) in [5.74, 6) is 0.407. The number of nitrogens with one attached hydrogen (secondary N) is 1. The van der Waals surface area contributed by atoms with Crippen molar-refractivity contribution in [1.29, 1.82) is 0 Å². The number of aryl methyl sites for hydroxylation is 1. The molecular formula is C18H26N2O3S. The van der Waals surface area contributed by atoms with E-state index in [0.717, 1.165) is 22.8 Å². The summed E-state index contributed by atoms with van der Waals surface area (Å²) in [6.45, 7) is 6.99. The number of benzene rings is 2. The summed E-state index contributed by atoms with van der Waals surface area (Å²) >= 11 is 0. The second-order valence-electron chi connectivity index (χ2n) is 6.51. The third-order valence-electron chi connectivity index (χ3n) is 4.03. The van der Waals surface area contributed by atoms with Gasteiger partial charge in [-0.15, -0.1) is 0 Å². The van der Waals surface area contributed by atoms with Crippen molar-refractivity contribution < 1.29 is 13.6 Å². The molecule has 0 saturated heterocycles. The first kappa shape index (κ1) is 18.9. The maximum absolute atomic E-state index is 13.0. The lowest BCUT2D eigenvalue weighted by Crippen LogP contribution is -2.37. The lowest BCUT2D eigenvalue weighted by Gasteiger charge is -2.23. The quantitative estimate of drug-likeness (QED) is 0.718. The summed E-state index contributed by atoms with van der Waals surface area (Å²) in [4.78, 5) is 0.294. The number of hydrogen-bond donors (Lipinski definition) is 2. The molecule has 0 aliphatic rings. The van der Waals surface area contributed by atoms with Gasteiger partial charge in [0.1, 0.15) is 0 Å². The Bertz CT molecular complexity index is 788. The van der Waals surface area contributed by atoms with E-state index in [-0.39, 0.29) is 13.1 Å². The summed E-state index contributed by atoms with van der Waals surface area (Å²) in [5.41, 5.74) is 3.14. The highest BCUT2D eigenvalue weighted by Crippen LogP contribution is 2.23. The lowest BCUT2D eigenvalue weighted by atomic mass is 10.1. The van der Waals surface area contributed by atoms with E-state index in [4.69, 9.17) is 5.21 Å². The second-order valence-corrected chi connectivity index (χ2v) is 8.45. The van der Waals surface area contributed by atoms with Crippen molar-refractivity contribution >= 4 is 20.8 Å². The van der Waals surface area contributed by atoms with Gasteiger partial charge in [-0.05, 0) is 42.2 Å². The molecule has 0 spiro atoms. The average molecular weight is 350 g/mol. The van der Waals surface area contributed by atoms with Gasteiger partial charge in [-0.25, -0.2) is 13.9 Å². The summed E-state index contributed by atoms with van der Waals surface area (Å²) in [6, 6.07) is 11.2. The Hall–Kier alpha value is -1.47. The molecule has 5 nitrogen and oxygen atoms in total. The van der Waals surface area contributed by atoms with E-state index in [2.05, 4.69) is 13.8 Å². The van der Waals surface area contributed by atoms with Gasteiger partial charge < -0.3 is 5.21 Å². The molecule has 24 heavy (non-hydrogen) atoms. The van der Waals surface area contributed by atoms with Crippen LogP contribution >= 0.6 is 0 Å². The van der Waals surface area contributed by atoms with Gasteiger partial charge in [-0.3, -0.25) is 0 Å². The fourth-order valence-corrected chi connectivity index (χ4v) is 4.07. The molecule has 2 aromatic rings. The van der Waals surface area contributed by atoms with Gasteiger partial charge in [-0.1, -0.05) is 43.7 Å². The number of rotatable bonds is 8. The van der Waals surface area contributed by atoms with Gasteiger partial charge in [0.2, 0.25) is 10.0 Å². The maximum atomic E-state index is 13.0. The minimum atomic E-state index is -3.59. The van der Waals surface area contributed by atoms with Crippen molar-refractivity contribution in [3.63, 3.8) is 0 Å². The zero-order chi connectivity index (χ0) is 17.7. The number of fused-ring (bicyclic) bond motifs is 1. The SMILES string of the molecule is Cc1ccc2ccc(S(=O)(=O)N(CCNO)CCC(C)C)cc2c1. The van der Waals surface area contributed by atoms with Crippen LogP contribution in [0.1, 0.15) is 25.8 Å². The summed E-state index contributed by atoms with van der Waals surface area (Å²) in [5, 5.41) is 10.8. The summed E-state index contributed by atoms with van der Waals surface area (Å²) in [6.07, 6.45) is 0.775. The lowest BCUT2D eigenvalue weighted by molar-refractivity contribution is 0.159. The van der Waals surface area contributed by atoms with Crippen LogP contribution < -0.4 is 5.48 Å². The molecule has 2 aromatic carbocycles. The highest BCUT2D eigenvalue weighted by atomic mass is 32.2.